The monoisotopic (exact) mass is 183 g/mol. The molecule has 2 rings (SSSR count). The second kappa shape index (κ2) is 4.35. The van der Waals surface area contributed by atoms with E-state index in [9.17, 15) is 0 Å². The van der Waals surface area contributed by atoms with Gasteiger partial charge in [-0.2, -0.15) is 0 Å². The van der Waals surface area contributed by atoms with E-state index in [-0.39, 0.29) is 0 Å². The first-order valence-electron chi connectivity index (χ1n) is 4.56. The van der Waals surface area contributed by atoms with Gasteiger partial charge in [0, 0.05) is 6.42 Å². The van der Waals surface area contributed by atoms with E-state index in [2.05, 4.69) is 29.5 Å². The molecule has 0 atom stereocenters. The molecule has 0 saturated heterocycles. The lowest BCUT2D eigenvalue weighted by molar-refractivity contribution is 0.796. The van der Waals surface area contributed by atoms with Gasteiger partial charge in [-0.05, 0) is 11.6 Å². The lowest BCUT2D eigenvalue weighted by Gasteiger charge is -1.94. The SMILES string of the molecule is [C+]1=NC=CN1C=CCc1ccccc1. The van der Waals surface area contributed by atoms with Crippen molar-refractivity contribution in [3.63, 3.8) is 0 Å². The van der Waals surface area contributed by atoms with E-state index in [0.29, 0.717) is 0 Å². The predicted molar refractivity (Wildman–Crippen MR) is 57.7 cm³/mol. The molecule has 0 aliphatic carbocycles. The summed E-state index contributed by atoms with van der Waals surface area (Å²) in [5.74, 6) is 0. The fourth-order valence-corrected chi connectivity index (χ4v) is 1.24. The molecule has 2 nitrogen and oxygen atoms in total. The zero-order valence-electron chi connectivity index (χ0n) is 7.80. The lowest BCUT2D eigenvalue weighted by Crippen LogP contribution is -2.01. The Labute approximate surface area is 83.9 Å². The van der Waals surface area contributed by atoms with Crippen molar-refractivity contribution >= 4 is 6.34 Å². The third-order valence-corrected chi connectivity index (χ3v) is 1.94. The highest BCUT2D eigenvalue weighted by molar-refractivity contribution is 5.61. The summed E-state index contributed by atoms with van der Waals surface area (Å²) in [5.41, 5.74) is 1.31. The maximum atomic E-state index is 3.83. The maximum absolute atomic E-state index is 3.83. The molecule has 1 aromatic carbocycles. The van der Waals surface area contributed by atoms with Crippen LogP contribution in [-0.2, 0) is 6.42 Å². The summed E-state index contributed by atoms with van der Waals surface area (Å²) >= 11 is 0. The highest BCUT2D eigenvalue weighted by Crippen LogP contribution is 2.02. The molecule has 0 spiro atoms. The summed E-state index contributed by atoms with van der Waals surface area (Å²) in [5, 5.41) is 0. The summed E-state index contributed by atoms with van der Waals surface area (Å²) in [6, 6.07) is 10.3. The van der Waals surface area contributed by atoms with Gasteiger partial charge in [0.2, 0.25) is 6.34 Å². The summed E-state index contributed by atoms with van der Waals surface area (Å²) < 4.78 is 0. The molecule has 1 aliphatic heterocycles. The quantitative estimate of drug-likeness (QED) is 0.657. The van der Waals surface area contributed by atoms with Crippen molar-refractivity contribution in [1.29, 1.82) is 0 Å². The number of nitrogens with zero attached hydrogens (tertiary/aromatic N) is 2. The number of aliphatic imine (C=N–C) groups is 1. The molecular weight excluding hydrogens is 172 g/mol. The molecule has 0 unspecified atom stereocenters. The van der Waals surface area contributed by atoms with Crippen molar-refractivity contribution in [2.75, 3.05) is 0 Å². The van der Waals surface area contributed by atoms with Crippen molar-refractivity contribution < 1.29 is 0 Å². The Morgan fingerprint density at radius 2 is 2.14 bits per heavy atom. The molecule has 0 radical (unpaired) electrons. The van der Waals surface area contributed by atoms with Crippen molar-refractivity contribution in [2.45, 2.75) is 6.42 Å². The third-order valence-electron chi connectivity index (χ3n) is 1.94. The van der Waals surface area contributed by atoms with E-state index in [4.69, 9.17) is 0 Å². The van der Waals surface area contributed by atoms with Gasteiger partial charge in [0.15, 0.2) is 12.4 Å². The van der Waals surface area contributed by atoms with E-state index in [0.717, 1.165) is 6.42 Å². The summed E-state index contributed by atoms with van der Waals surface area (Å²) in [7, 11) is 0. The first kappa shape index (κ1) is 8.67. The van der Waals surface area contributed by atoms with Gasteiger partial charge in [-0.25, -0.2) is 0 Å². The minimum Gasteiger partial charge on any atom is -0.141 e. The lowest BCUT2D eigenvalue weighted by atomic mass is 10.1. The van der Waals surface area contributed by atoms with Crippen molar-refractivity contribution in [2.24, 2.45) is 4.99 Å². The molecule has 0 fully saturated rings. The van der Waals surface area contributed by atoms with Gasteiger partial charge in [0.1, 0.15) is 0 Å². The van der Waals surface area contributed by atoms with Gasteiger partial charge in [-0.15, -0.1) is 4.90 Å². The zero-order valence-corrected chi connectivity index (χ0v) is 7.80. The first-order chi connectivity index (χ1) is 6.95. The Morgan fingerprint density at radius 3 is 2.86 bits per heavy atom. The topological polar surface area (TPSA) is 15.6 Å². The average molecular weight is 183 g/mol. The van der Waals surface area contributed by atoms with E-state index in [1.54, 1.807) is 6.20 Å². The van der Waals surface area contributed by atoms with Crippen LogP contribution in [0.5, 0.6) is 0 Å². The van der Waals surface area contributed by atoms with Gasteiger partial charge in [-0.1, -0.05) is 35.3 Å². The molecule has 0 amide bonds. The third kappa shape index (κ3) is 2.28. The van der Waals surface area contributed by atoms with Gasteiger partial charge in [0.05, 0.1) is 6.20 Å². The maximum Gasteiger partial charge on any atom is 0.223 e. The molecule has 0 N–H and O–H groups in total. The van der Waals surface area contributed by atoms with E-state index >= 15 is 0 Å². The Balaban J connectivity index is 1.88. The number of allylic oxidation sites excluding steroid dienone is 1. The Kier molecular flexibility index (Phi) is 2.70. The standard InChI is InChI=1S/C12H11N2/c1-2-5-12(6-3-1)7-4-9-14-10-8-13-11-14/h1-6,8-10H,7H2/q+1. The fraction of sp³-hybridized carbons (Fsp3) is 0.0833. The molecule has 68 valence electrons. The van der Waals surface area contributed by atoms with Crippen LogP contribution in [0, 0.1) is 0 Å². The van der Waals surface area contributed by atoms with Crippen molar-refractivity contribution in [1.82, 2.24) is 4.90 Å². The number of hydrogen-bond acceptors (Lipinski definition) is 2. The minimum absolute atomic E-state index is 0.937. The largest absolute Gasteiger partial charge is 0.223 e. The molecule has 0 aromatic heterocycles. The number of rotatable bonds is 3. The van der Waals surface area contributed by atoms with Crippen LogP contribution in [0.3, 0.4) is 0 Å². The Bertz CT molecular complexity index is 351. The van der Waals surface area contributed by atoms with Crippen LogP contribution in [0.4, 0.5) is 0 Å². The van der Waals surface area contributed by atoms with Crippen LogP contribution in [0.25, 0.3) is 0 Å². The predicted octanol–water partition coefficient (Wildman–Crippen LogP) is 2.43. The van der Waals surface area contributed by atoms with Gasteiger partial charge < -0.3 is 0 Å². The Morgan fingerprint density at radius 1 is 1.29 bits per heavy atom. The van der Waals surface area contributed by atoms with E-state index < -0.39 is 0 Å². The first-order valence-corrected chi connectivity index (χ1v) is 4.56. The molecule has 1 aliphatic rings. The highest BCUT2D eigenvalue weighted by Gasteiger charge is 2.03. The van der Waals surface area contributed by atoms with Crippen molar-refractivity contribution in [3.8, 4) is 0 Å². The average Bonchev–Trinajstić information content (AvgIpc) is 2.72. The van der Waals surface area contributed by atoms with Gasteiger partial charge >= 0.3 is 0 Å². The van der Waals surface area contributed by atoms with Gasteiger partial charge in [0.25, 0.3) is 0 Å². The summed E-state index contributed by atoms with van der Waals surface area (Å²) in [6.07, 6.45) is 11.4. The van der Waals surface area contributed by atoms with Crippen LogP contribution in [0.15, 0.2) is 60.0 Å². The molecule has 14 heavy (non-hydrogen) atoms. The van der Waals surface area contributed by atoms with Crippen molar-refractivity contribution in [3.05, 3.63) is 60.6 Å². The van der Waals surface area contributed by atoms with Crippen LogP contribution >= 0.6 is 0 Å². The molecule has 0 saturated carbocycles. The second-order valence-corrected chi connectivity index (χ2v) is 3.01. The molecule has 1 heterocycles. The van der Waals surface area contributed by atoms with Gasteiger partial charge in [-0.3, -0.25) is 0 Å². The zero-order chi connectivity index (χ0) is 9.64. The summed E-state index contributed by atoms with van der Waals surface area (Å²) in [4.78, 5) is 5.64. The smallest absolute Gasteiger partial charge is 0.141 e. The van der Waals surface area contributed by atoms with Crippen LogP contribution < -0.4 is 0 Å². The normalized spacial score (nSPS) is 13.9. The number of benzene rings is 1. The van der Waals surface area contributed by atoms with Crippen LogP contribution in [-0.4, -0.2) is 11.2 Å². The highest BCUT2D eigenvalue weighted by atomic mass is 15.1. The fourth-order valence-electron chi connectivity index (χ4n) is 1.24. The minimum atomic E-state index is 0.937. The van der Waals surface area contributed by atoms with Crippen LogP contribution in [0.2, 0.25) is 0 Å². The molecule has 0 bridgehead atoms. The van der Waals surface area contributed by atoms with E-state index in [1.807, 2.05) is 35.5 Å². The number of hydrogen-bond donors (Lipinski definition) is 0. The molecule has 1 aromatic rings. The second-order valence-electron chi connectivity index (χ2n) is 3.01. The molecule has 2 heteroatoms. The Hall–Kier alpha value is -1.92. The van der Waals surface area contributed by atoms with Crippen LogP contribution in [0.1, 0.15) is 5.56 Å². The summed E-state index contributed by atoms with van der Waals surface area (Å²) in [6.45, 7) is 0. The van der Waals surface area contributed by atoms with E-state index in [1.165, 1.54) is 5.56 Å². The molecular formula is C12H11N2+.